The summed E-state index contributed by atoms with van der Waals surface area (Å²) in [5.74, 6) is 1.40. The van der Waals surface area contributed by atoms with Crippen molar-refractivity contribution < 1.29 is 0 Å². The molecule has 0 fully saturated rings. The quantitative estimate of drug-likeness (QED) is 0.650. The fraction of sp³-hybridized carbons (Fsp3) is 0.684. The van der Waals surface area contributed by atoms with Gasteiger partial charge in [0.15, 0.2) is 0 Å². The average Bonchev–Trinajstić information content (AvgIpc) is 2.43. The molecule has 1 nitrogen and oxygen atoms in total. The van der Waals surface area contributed by atoms with Crippen LogP contribution in [-0.4, -0.2) is 13.1 Å². The zero-order valence-corrected chi connectivity index (χ0v) is 14.3. The summed E-state index contributed by atoms with van der Waals surface area (Å²) in [5, 5.41) is 3.55. The first-order valence-electron chi connectivity index (χ1n) is 8.18. The van der Waals surface area contributed by atoms with E-state index in [0.717, 1.165) is 19.0 Å². The maximum Gasteiger partial charge on any atom is -0.00258 e. The van der Waals surface area contributed by atoms with Gasteiger partial charge in [-0.1, -0.05) is 65.8 Å². The lowest BCUT2D eigenvalue weighted by Crippen LogP contribution is -2.27. The maximum absolute atomic E-state index is 3.55. The van der Waals surface area contributed by atoms with Gasteiger partial charge in [-0.05, 0) is 54.3 Å². The van der Waals surface area contributed by atoms with Crippen molar-refractivity contribution in [3.63, 3.8) is 0 Å². The van der Waals surface area contributed by atoms with Crippen molar-refractivity contribution in [1.29, 1.82) is 0 Å². The highest BCUT2D eigenvalue weighted by Gasteiger charge is 2.20. The molecule has 114 valence electrons. The van der Waals surface area contributed by atoms with Gasteiger partial charge in [-0.3, -0.25) is 0 Å². The Bertz CT molecular complexity index is 375. The summed E-state index contributed by atoms with van der Waals surface area (Å²) in [6.07, 6.45) is 2.39. The third-order valence-corrected chi connectivity index (χ3v) is 4.35. The van der Waals surface area contributed by atoms with Crippen molar-refractivity contribution >= 4 is 0 Å². The number of hydrogen-bond donors (Lipinski definition) is 1. The van der Waals surface area contributed by atoms with E-state index in [0.29, 0.717) is 5.92 Å². The molecule has 1 N–H and O–H groups in total. The molecule has 0 spiro atoms. The molecule has 0 saturated carbocycles. The molecule has 1 aromatic carbocycles. The predicted molar refractivity (Wildman–Crippen MR) is 90.5 cm³/mol. The van der Waals surface area contributed by atoms with Crippen molar-refractivity contribution in [1.82, 2.24) is 5.32 Å². The van der Waals surface area contributed by atoms with Crippen molar-refractivity contribution in [3.05, 3.63) is 35.4 Å². The topological polar surface area (TPSA) is 12.0 Å². The monoisotopic (exact) mass is 275 g/mol. The lowest BCUT2D eigenvalue weighted by Gasteiger charge is -2.26. The second-order valence-electron chi connectivity index (χ2n) is 7.16. The van der Waals surface area contributed by atoms with Crippen LogP contribution in [0.25, 0.3) is 0 Å². The Balaban J connectivity index is 2.58. The van der Waals surface area contributed by atoms with Crippen molar-refractivity contribution in [3.8, 4) is 0 Å². The summed E-state index contributed by atoms with van der Waals surface area (Å²) in [5.41, 5.74) is 3.17. The molecule has 0 bridgehead atoms. The van der Waals surface area contributed by atoms with Gasteiger partial charge < -0.3 is 5.32 Å². The normalized spacial score (nSPS) is 13.8. The smallest absolute Gasteiger partial charge is 0.00258 e. The van der Waals surface area contributed by atoms with Gasteiger partial charge in [0.25, 0.3) is 0 Å². The molecule has 0 aliphatic heterocycles. The number of benzene rings is 1. The van der Waals surface area contributed by atoms with Crippen LogP contribution in [0.3, 0.4) is 0 Å². The highest BCUT2D eigenvalue weighted by molar-refractivity contribution is 5.29. The van der Waals surface area contributed by atoms with Gasteiger partial charge in [0.05, 0.1) is 0 Å². The summed E-state index contributed by atoms with van der Waals surface area (Å²) >= 11 is 0. The van der Waals surface area contributed by atoms with E-state index in [-0.39, 0.29) is 5.41 Å². The van der Waals surface area contributed by atoms with Crippen LogP contribution in [0.5, 0.6) is 0 Å². The summed E-state index contributed by atoms with van der Waals surface area (Å²) in [7, 11) is 0. The molecular weight excluding hydrogens is 242 g/mol. The van der Waals surface area contributed by atoms with Gasteiger partial charge in [-0.15, -0.1) is 0 Å². The van der Waals surface area contributed by atoms with Crippen molar-refractivity contribution in [2.24, 2.45) is 5.92 Å². The van der Waals surface area contributed by atoms with Crippen LogP contribution >= 0.6 is 0 Å². The molecule has 0 heterocycles. The molecule has 1 aromatic rings. The Labute approximate surface area is 126 Å². The molecular formula is C19H33N. The second-order valence-corrected chi connectivity index (χ2v) is 7.16. The van der Waals surface area contributed by atoms with Crippen LogP contribution < -0.4 is 5.32 Å². The standard InChI is InChI=1S/C19H33N/c1-7-16(4)17-8-10-18(11-9-17)19(5,6)12-13-20-14-15(2)3/h8-11,15-16,20H,7,12-14H2,1-6H3. The van der Waals surface area contributed by atoms with Crippen LogP contribution in [0.15, 0.2) is 24.3 Å². The zero-order chi connectivity index (χ0) is 15.2. The van der Waals surface area contributed by atoms with E-state index in [2.05, 4.69) is 71.1 Å². The van der Waals surface area contributed by atoms with Gasteiger partial charge >= 0.3 is 0 Å². The summed E-state index contributed by atoms with van der Waals surface area (Å²) in [4.78, 5) is 0. The van der Waals surface area contributed by atoms with E-state index >= 15 is 0 Å². The fourth-order valence-electron chi connectivity index (χ4n) is 2.43. The maximum atomic E-state index is 3.55. The van der Waals surface area contributed by atoms with Crippen molar-refractivity contribution in [2.75, 3.05) is 13.1 Å². The minimum Gasteiger partial charge on any atom is -0.316 e. The lowest BCUT2D eigenvalue weighted by atomic mass is 9.80. The first-order valence-corrected chi connectivity index (χ1v) is 8.18. The second kappa shape index (κ2) is 7.83. The average molecular weight is 275 g/mol. The van der Waals surface area contributed by atoms with Crippen LogP contribution in [0.2, 0.25) is 0 Å². The number of hydrogen-bond acceptors (Lipinski definition) is 1. The van der Waals surface area contributed by atoms with E-state index < -0.39 is 0 Å². The number of rotatable bonds is 8. The predicted octanol–water partition coefficient (Wildman–Crippen LogP) is 5.11. The van der Waals surface area contributed by atoms with Gasteiger partial charge in [-0.2, -0.15) is 0 Å². The van der Waals surface area contributed by atoms with Crippen molar-refractivity contribution in [2.45, 2.75) is 65.7 Å². The highest BCUT2D eigenvalue weighted by Crippen LogP contribution is 2.28. The van der Waals surface area contributed by atoms with Crippen LogP contribution in [0, 0.1) is 5.92 Å². The zero-order valence-electron chi connectivity index (χ0n) is 14.3. The van der Waals surface area contributed by atoms with Gasteiger partial charge in [-0.25, -0.2) is 0 Å². The van der Waals surface area contributed by atoms with E-state index in [9.17, 15) is 0 Å². The Morgan fingerprint density at radius 1 is 1.05 bits per heavy atom. The minimum absolute atomic E-state index is 0.248. The Morgan fingerprint density at radius 2 is 1.65 bits per heavy atom. The molecule has 1 heteroatoms. The minimum atomic E-state index is 0.248. The molecule has 0 amide bonds. The molecule has 1 unspecified atom stereocenters. The summed E-state index contributed by atoms with van der Waals surface area (Å²) in [6, 6.07) is 9.27. The van der Waals surface area contributed by atoms with E-state index in [1.165, 1.54) is 24.0 Å². The summed E-state index contributed by atoms with van der Waals surface area (Å²) < 4.78 is 0. The Kier molecular flexibility index (Phi) is 6.75. The third kappa shape index (κ3) is 5.28. The van der Waals surface area contributed by atoms with Gasteiger partial charge in [0.2, 0.25) is 0 Å². The lowest BCUT2D eigenvalue weighted by molar-refractivity contribution is 0.442. The van der Waals surface area contributed by atoms with E-state index in [1.54, 1.807) is 0 Å². The molecule has 0 radical (unpaired) electrons. The SMILES string of the molecule is CCC(C)c1ccc(C(C)(C)CCNCC(C)C)cc1. The highest BCUT2D eigenvalue weighted by atomic mass is 14.8. The number of nitrogens with one attached hydrogen (secondary N) is 1. The van der Waals surface area contributed by atoms with Crippen LogP contribution in [0.1, 0.15) is 71.4 Å². The molecule has 0 aromatic heterocycles. The van der Waals surface area contributed by atoms with Gasteiger partial charge in [0, 0.05) is 0 Å². The molecule has 20 heavy (non-hydrogen) atoms. The van der Waals surface area contributed by atoms with Crippen LogP contribution in [0.4, 0.5) is 0 Å². The van der Waals surface area contributed by atoms with E-state index in [1.807, 2.05) is 0 Å². The first-order chi connectivity index (χ1) is 9.36. The molecule has 0 aliphatic carbocycles. The Hall–Kier alpha value is -0.820. The summed E-state index contributed by atoms with van der Waals surface area (Å²) in [6.45, 7) is 16.0. The first kappa shape index (κ1) is 17.2. The molecule has 1 atom stereocenters. The van der Waals surface area contributed by atoms with E-state index in [4.69, 9.17) is 0 Å². The molecule has 0 aliphatic rings. The van der Waals surface area contributed by atoms with Crippen LogP contribution in [-0.2, 0) is 5.41 Å². The third-order valence-electron chi connectivity index (χ3n) is 4.35. The molecule has 0 saturated heterocycles. The molecule has 1 rings (SSSR count). The fourth-order valence-corrected chi connectivity index (χ4v) is 2.43. The largest absolute Gasteiger partial charge is 0.316 e. The Morgan fingerprint density at radius 3 is 2.15 bits per heavy atom. The van der Waals surface area contributed by atoms with Gasteiger partial charge in [0.1, 0.15) is 0 Å².